The van der Waals surface area contributed by atoms with E-state index in [1.807, 2.05) is 13.2 Å². The van der Waals surface area contributed by atoms with Crippen LogP contribution < -0.4 is 16.0 Å². The molecule has 0 aromatic heterocycles. The number of ether oxygens (including phenoxy) is 1. The summed E-state index contributed by atoms with van der Waals surface area (Å²) in [5.74, 6) is -1.43. The topological polar surface area (TPSA) is 137 Å². The molecular weight excluding hydrogens is 438 g/mol. The first-order valence-electron chi connectivity index (χ1n) is 10.7. The van der Waals surface area contributed by atoms with Crippen molar-refractivity contribution in [2.24, 2.45) is 0 Å². The number of nitrogens with one attached hydrogen (secondary N) is 3. The quantitative estimate of drug-likeness (QED) is 0.315. The van der Waals surface area contributed by atoms with Gasteiger partial charge < -0.3 is 25.6 Å². The summed E-state index contributed by atoms with van der Waals surface area (Å²) in [7, 11) is 1.20. The fourth-order valence-corrected chi connectivity index (χ4v) is 4.52. The standard InChI is InChI=1S/C20H33N5O6S/c1-12(18(28)22-10-16(26)21-11-17(27)31-3)23-19(29)14(7-9-32-4)25-13(2)24-8-5-6-15(24)20(25)30/h12-15H,5-11H2,1-4H3,(H,21,26)(H,22,28)(H,23,29)/t12-,13?,14-,15-/m0/s1. The number of amides is 4. The summed E-state index contributed by atoms with van der Waals surface area (Å²) >= 11 is 1.59. The number of esters is 1. The van der Waals surface area contributed by atoms with Gasteiger partial charge in [0.15, 0.2) is 0 Å². The van der Waals surface area contributed by atoms with Crippen LogP contribution in [0.15, 0.2) is 0 Å². The van der Waals surface area contributed by atoms with Gasteiger partial charge in [0.2, 0.25) is 23.6 Å². The van der Waals surface area contributed by atoms with E-state index in [0.717, 1.165) is 19.4 Å². The van der Waals surface area contributed by atoms with E-state index in [9.17, 15) is 24.0 Å². The van der Waals surface area contributed by atoms with Crippen molar-refractivity contribution in [3.8, 4) is 0 Å². The molecule has 2 fully saturated rings. The van der Waals surface area contributed by atoms with Gasteiger partial charge >= 0.3 is 5.97 Å². The lowest BCUT2D eigenvalue weighted by Gasteiger charge is -2.33. The highest BCUT2D eigenvalue weighted by atomic mass is 32.2. The maximum Gasteiger partial charge on any atom is 0.325 e. The molecule has 2 aliphatic heterocycles. The van der Waals surface area contributed by atoms with E-state index in [4.69, 9.17) is 0 Å². The fraction of sp³-hybridized carbons (Fsp3) is 0.750. The summed E-state index contributed by atoms with van der Waals surface area (Å²) < 4.78 is 4.42. The maximum atomic E-state index is 13.1. The van der Waals surface area contributed by atoms with E-state index in [1.165, 1.54) is 14.0 Å². The van der Waals surface area contributed by atoms with E-state index in [0.29, 0.717) is 12.2 Å². The van der Waals surface area contributed by atoms with Crippen molar-refractivity contribution in [1.82, 2.24) is 25.8 Å². The van der Waals surface area contributed by atoms with E-state index in [1.54, 1.807) is 16.7 Å². The van der Waals surface area contributed by atoms with Crippen LogP contribution in [-0.2, 0) is 28.7 Å². The zero-order valence-electron chi connectivity index (χ0n) is 19.0. The molecule has 2 saturated heterocycles. The van der Waals surface area contributed by atoms with Crippen LogP contribution in [-0.4, -0.2) is 102 Å². The van der Waals surface area contributed by atoms with E-state index >= 15 is 0 Å². The highest BCUT2D eigenvalue weighted by Crippen LogP contribution is 2.32. The summed E-state index contributed by atoms with van der Waals surface area (Å²) in [6, 6.07) is -1.74. The van der Waals surface area contributed by atoms with Crippen LogP contribution in [0.5, 0.6) is 0 Å². The van der Waals surface area contributed by atoms with Crippen molar-refractivity contribution in [3.05, 3.63) is 0 Å². The second-order valence-electron chi connectivity index (χ2n) is 7.87. The van der Waals surface area contributed by atoms with Crippen LogP contribution in [0.2, 0.25) is 0 Å². The summed E-state index contributed by atoms with van der Waals surface area (Å²) in [5, 5.41) is 7.41. The third-order valence-electron chi connectivity index (χ3n) is 5.78. The van der Waals surface area contributed by atoms with Crippen LogP contribution in [0.3, 0.4) is 0 Å². The van der Waals surface area contributed by atoms with Gasteiger partial charge in [0, 0.05) is 6.54 Å². The van der Waals surface area contributed by atoms with Crippen LogP contribution >= 0.6 is 11.8 Å². The second-order valence-corrected chi connectivity index (χ2v) is 8.86. The van der Waals surface area contributed by atoms with Gasteiger partial charge in [-0.25, -0.2) is 0 Å². The molecule has 0 aromatic carbocycles. The molecule has 4 amide bonds. The molecule has 0 spiro atoms. The highest BCUT2D eigenvalue weighted by molar-refractivity contribution is 7.98. The van der Waals surface area contributed by atoms with E-state index < -0.39 is 35.8 Å². The van der Waals surface area contributed by atoms with Crippen molar-refractivity contribution in [2.75, 3.05) is 38.8 Å². The Morgan fingerprint density at radius 3 is 2.53 bits per heavy atom. The molecule has 0 radical (unpaired) electrons. The molecule has 2 heterocycles. The molecule has 32 heavy (non-hydrogen) atoms. The first-order chi connectivity index (χ1) is 15.2. The highest BCUT2D eigenvalue weighted by Gasteiger charge is 2.49. The Morgan fingerprint density at radius 2 is 1.91 bits per heavy atom. The smallest absolute Gasteiger partial charge is 0.325 e. The van der Waals surface area contributed by atoms with Gasteiger partial charge in [-0.3, -0.25) is 28.9 Å². The zero-order chi connectivity index (χ0) is 23.8. The third kappa shape index (κ3) is 6.35. The van der Waals surface area contributed by atoms with Gasteiger partial charge in [-0.1, -0.05) is 0 Å². The van der Waals surface area contributed by atoms with Gasteiger partial charge in [-0.05, 0) is 45.1 Å². The predicted molar refractivity (Wildman–Crippen MR) is 118 cm³/mol. The van der Waals surface area contributed by atoms with Crippen molar-refractivity contribution >= 4 is 41.4 Å². The van der Waals surface area contributed by atoms with Crippen LogP contribution in [0.1, 0.15) is 33.1 Å². The molecule has 0 bridgehead atoms. The Kier molecular flexibility index (Phi) is 9.76. The largest absolute Gasteiger partial charge is 0.468 e. The van der Waals surface area contributed by atoms with Crippen LogP contribution in [0.25, 0.3) is 0 Å². The maximum absolute atomic E-state index is 13.1. The molecule has 3 N–H and O–H groups in total. The van der Waals surface area contributed by atoms with Gasteiger partial charge in [0.05, 0.1) is 25.9 Å². The van der Waals surface area contributed by atoms with E-state index in [2.05, 4.69) is 25.6 Å². The number of carbonyl (C=O) groups is 5. The first-order valence-corrected chi connectivity index (χ1v) is 12.1. The van der Waals surface area contributed by atoms with Crippen molar-refractivity contribution in [3.63, 3.8) is 0 Å². The van der Waals surface area contributed by atoms with Gasteiger partial charge in [-0.2, -0.15) is 11.8 Å². The summed E-state index contributed by atoms with van der Waals surface area (Å²) in [6.45, 7) is 3.64. The first kappa shape index (κ1) is 25.9. The third-order valence-corrected chi connectivity index (χ3v) is 6.43. The molecule has 2 rings (SSSR count). The Morgan fingerprint density at radius 1 is 1.19 bits per heavy atom. The minimum Gasteiger partial charge on any atom is -0.468 e. The molecule has 0 aliphatic carbocycles. The second kappa shape index (κ2) is 12.0. The lowest BCUT2D eigenvalue weighted by Crippen LogP contribution is -2.56. The summed E-state index contributed by atoms with van der Waals surface area (Å²) in [6.07, 6.45) is 4.02. The van der Waals surface area contributed by atoms with E-state index in [-0.39, 0.29) is 31.2 Å². The SMILES string of the molecule is COC(=O)CNC(=O)CNC(=O)[C@H](C)NC(=O)[C@H](CCSC)N1C(=O)[C@@H]2CCCN2C1C. The minimum atomic E-state index is -0.902. The molecule has 2 aliphatic rings. The number of fused-ring (bicyclic) bond motifs is 1. The number of nitrogens with zero attached hydrogens (tertiary/aromatic N) is 2. The number of thioether (sulfide) groups is 1. The van der Waals surface area contributed by atoms with Crippen molar-refractivity contribution < 1.29 is 28.7 Å². The predicted octanol–water partition coefficient (Wildman–Crippen LogP) is -1.33. The van der Waals surface area contributed by atoms with Gasteiger partial charge in [0.25, 0.3) is 0 Å². The number of hydrogen-bond acceptors (Lipinski definition) is 8. The van der Waals surface area contributed by atoms with Gasteiger partial charge in [0.1, 0.15) is 18.6 Å². The molecule has 11 nitrogen and oxygen atoms in total. The molecular formula is C20H33N5O6S. The number of carbonyl (C=O) groups excluding carboxylic acids is 5. The monoisotopic (exact) mass is 471 g/mol. The van der Waals surface area contributed by atoms with Crippen LogP contribution in [0, 0.1) is 0 Å². The van der Waals surface area contributed by atoms with Crippen LogP contribution in [0.4, 0.5) is 0 Å². The molecule has 4 atom stereocenters. The number of hydrogen-bond donors (Lipinski definition) is 3. The lowest BCUT2D eigenvalue weighted by atomic mass is 10.1. The Balaban J connectivity index is 1.93. The Hall–Kier alpha value is -2.34. The van der Waals surface area contributed by atoms with Crippen molar-refractivity contribution in [2.45, 2.75) is 57.4 Å². The Bertz CT molecular complexity index is 735. The van der Waals surface area contributed by atoms with Gasteiger partial charge in [-0.15, -0.1) is 0 Å². The molecule has 1 unspecified atom stereocenters. The average Bonchev–Trinajstić information content (AvgIpc) is 3.35. The zero-order valence-corrected chi connectivity index (χ0v) is 19.8. The van der Waals surface area contributed by atoms with Crippen molar-refractivity contribution in [1.29, 1.82) is 0 Å². The minimum absolute atomic E-state index is 0.0318. The summed E-state index contributed by atoms with van der Waals surface area (Å²) in [5.41, 5.74) is 0. The number of rotatable bonds is 11. The lowest BCUT2D eigenvalue weighted by molar-refractivity contribution is -0.141. The molecule has 0 aromatic rings. The Labute approximate surface area is 192 Å². The molecule has 180 valence electrons. The molecule has 12 heteroatoms. The summed E-state index contributed by atoms with van der Waals surface area (Å²) in [4.78, 5) is 64.9. The fourth-order valence-electron chi connectivity index (χ4n) is 4.06. The normalized spacial score (nSPS) is 22.1. The molecule has 0 saturated carbocycles. The average molecular weight is 472 g/mol. The number of methoxy groups -OCH3 is 1.